The molecular formula is C15H23NO. The van der Waals surface area contributed by atoms with Crippen LogP contribution in [0.25, 0.3) is 0 Å². The lowest BCUT2D eigenvalue weighted by Crippen LogP contribution is -2.33. The molecule has 0 radical (unpaired) electrons. The van der Waals surface area contributed by atoms with Crippen LogP contribution in [-0.4, -0.2) is 23.8 Å². The van der Waals surface area contributed by atoms with E-state index in [4.69, 9.17) is 0 Å². The fourth-order valence-corrected chi connectivity index (χ4v) is 1.91. The second-order valence-corrected chi connectivity index (χ2v) is 4.30. The van der Waals surface area contributed by atoms with Crippen molar-refractivity contribution in [3.8, 4) is 0 Å². The first-order valence-electron chi connectivity index (χ1n) is 6.53. The Kier molecular flexibility index (Phi) is 5.92. The molecule has 1 aromatic carbocycles. The maximum atomic E-state index is 11.1. The van der Waals surface area contributed by atoms with Crippen LogP contribution in [0.4, 0.5) is 0 Å². The van der Waals surface area contributed by atoms with Crippen molar-refractivity contribution in [1.29, 1.82) is 0 Å². The van der Waals surface area contributed by atoms with E-state index in [1.165, 1.54) is 11.1 Å². The van der Waals surface area contributed by atoms with Gasteiger partial charge in [-0.2, -0.15) is 0 Å². The van der Waals surface area contributed by atoms with Gasteiger partial charge in [0.15, 0.2) is 0 Å². The van der Waals surface area contributed by atoms with Gasteiger partial charge in [0.2, 0.25) is 0 Å². The van der Waals surface area contributed by atoms with Crippen LogP contribution in [0.2, 0.25) is 0 Å². The normalized spacial score (nSPS) is 16.3. The van der Waals surface area contributed by atoms with Crippen LogP contribution in [-0.2, 0) is 11.3 Å². The van der Waals surface area contributed by atoms with E-state index < -0.39 is 0 Å². The van der Waals surface area contributed by atoms with E-state index >= 15 is 0 Å². The monoisotopic (exact) mass is 233 g/mol. The smallest absolute Gasteiger partial charge is 0.135 e. The molecule has 0 atom stereocenters. The summed E-state index contributed by atoms with van der Waals surface area (Å²) in [6, 6.07) is 8.63. The minimum absolute atomic E-state index is 0.412. The van der Waals surface area contributed by atoms with E-state index in [-0.39, 0.29) is 0 Å². The van der Waals surface area contributed by atoms with Crippen LogP contribution in [0.5, 0.6) is 0 Å². The first kappa shape index (κ1) is 13.9. The van der Waals surface area contributed by atoms with Crippen molar-refractivity contribution in [3.05, 3.63) is 35.4 Å². The number of piperidine rings is 1. The molecule has 0 spiro atoms. The van der Waals surface area contributed by atoms with Gasteiger partial charge in [-0.15, -0.1) is 0 Å². The number of carbonyl (C=O) groups is 1. The topological polar surface area (TPSA) is 20.3 Å². The molecule has 1 aliphatic heterocycles. The number of rotatable bonds is 2. The van der Waals surface area contributed by atoms with Crippen molar-refractivity contribution < 1.29 is 4.79 Å². The molecule has 0 amide bonds. The first-order valence-corrected chi connectivity index (χ1v) is 6.53. The van der Waals surface area contributed by atoms with Crippen molar-refractivity contribution in [1.82, 2.24) is 4.90 Å². The fraction of sp³-hybridized carbons (Fsp3) is 0.533. The number of likely N-dealkylation sites (tertiary alicyclic amines) is 1. The van der Waals surface area contributed by atoms with Crippen molar-refractivity contribution in [2.45, 2.75) is 40.2 Å². The SMILES string of the molecule is CC.Cc1ccc(CN2CCC(=O)CC2)cc1. The molecule has 0 aromatic heterocycles. The van der Waals surface area contributed by atoms with Gasteiger partial charge in [0.25, 0.3) is 0 Å². The molecule has 17 heavy (non-hydrogen) atoms. The Morgan fingerprint density at radius 1 is 1.06 bits per heavy atom. The maximum Gasteiger partial charge on any atom is 0.135 e. The van der Waals surface area contributed by atoms with Crippen LogP contribution in [0, 0.1) is 6.92 Å². The first-order chi connectivity index (χ1) is 8.24. The molecule has 0 aliphatic carbocycles. The Morgan fingerprint density at radius 3 is 2.12 bits per heavy atom. The third-order valence-electron chi connectivity index (χ3n) is 2.94. The molecule has 1 heterocycles. The molecule has 1 saturated heterocycles. The van der Waals surface area contributed by atoms with Gasteiger partial charge in [0.1, 0.15) is 5.78 Å². The zero-order chi connectivity index (χ0) is 12.7. The zero-order valence-electron chi connectivity index (χ0n) is 11.2. The molecule has 94 valence electrons. The second kappa shape index (κ2) is 7.23. The summed E-state index contributed by atoms with van der Waals surface area (Å²) >= 11 is 0. The number of Topliss-reactive ketones (excluding diaryl/α,β-unsaturated/α-hetero) is 1. The van der Waals surface area contributed by atoms with E-state index in [1.54, 1.807) is 0 Å². The molecule has 0 unspecified atom stereocenters. The summed E-state index contributed by atoms with van der Waals surface area (Å²) in [5, 5.41) is 0. The number of ketones is 1. The van der Waals surface area contributed by atoms with Gasteiger partial charge in [0.05, 0.1) is 0 Å². The summed E-state index contributed by atoms with van der Waals surface area (Å²) in [6.45, 7) is 8.93. The molecule has 2 heteroatoms. The number of hydrogen-bond acceptors (Lipinski definition) is 2. The molecule has 1 fully saturated rings. The van der Waals surface area contributed by atoms with E-state index in [2.05, 4.69) is 36.1 Å². The Labute approximate surface area is 105 Å². The number of hydrogen-bond donors (Lipinski definition) is 0. The fourth-order valence-electron chi connectivity index (χ4n) is 1.91. The van der Waals surface area contributed by atoms with Crippen molar-refractivity contribution in [2.24, 2.45) is 0 Å². The molecule has 2 nitrogen and oxygen atoms in total. The molecule has 2 rings (SSSR count). The molecule has 0 bridgehead atoms. The van der Waals surface area contributed by atoms with Crippen LogP contribution in [0.1, 0.15) is 37.8 Å². The highest BCUT2D eigenvalue weighted by atomic mass is 16.1. The Balaban J connectivity index is 0.000000686. The maximum absolute atomic E-state index is 11.1. The van der Waals surface area contributed by atoms with Crippen LogP contribution in [0.3, 0.4) is 0 Å². The number of nitrogens with zero attached hydrogens (tertiary/aromatic N) is 1. The minimum atomic E-state index is 0.412. The standard InChI is InChI=1S/C13H17NO.C2H6/c1-11-2-4-12(5-3-11)10-14-8-6-13(15)7-9-14;1-2/h2-5H,6-10H2,1H3;1-2H3. The highest BCUT2D eigenvalue weighted by molar-refractivity contribution is 5.79. The summed E-state index contributed by atoms with van der Waals surface area (Å²) in [7, 11) is 0. The van der Waals surface area contributed by atoms with E-state index in [0.29, 0.717) is 5.78 Å². The van der Waals surface area contributed by atoms with Gasteiger partial charge >= 0.3 is 0 Å². The lowest BCUT2D eigenvalue weighted by molar-refractivity contribution is -0.121. The van der Waals surface area contributed by atoms with Gasteiger partial charge < -0.3 is 0 Å². The van der Waals surface area contributed by atoms with Gasteiger partial charge in [-0.3, -0.25) is 9.69 Å². The third kappa shape index (κ3) is 4.70. The average molecular weight is 233 g/mol. The van der Waals surface area contributed by atoms with E-state index in [9.17, 15) is 4.79 Å². The lowest BCUT2D eigenvalue weighted by atomic mass is 10.1. The van der Waals surface area contributed by atoms with Gasteiger partial charge in [0, 0.05) is 32.5 Å². The molecule has 0 saturated carbocycles. The lowest BCUT2D eigenvalue weighted by Gasteiger charge is -2.25. The van der Waals surface area contributed by atoms with Gasteiger partial charge in [-0.05, 0) is 12.5 Å². The molecular weight excluding hydrogens is 210 g/mol. The van der Waals surface area contributed by atoms with Gasteiger partial charge in [-0.1, -0.05) is 43.7 Å². The summed E-state index contributed by atoms with van der Waals surface area (Å²) < 4.78 is 0. The van der Waals surface area contributed by atoms with Crippen LogP contribution in [0.15, 0.2) is 24.3 Å². The Morgan fingerprint density at radius 2 is 1.59 bits per heavy atom. The van der Waals surface area contributed by atoms with Crippen molar-refractivity contribution in [3.63, 3.8) is 0 Å². The number of benzene rings is 1. The molecule has 0 N–H and O–H groups in total. The quantitative estimate of drug-likeness (QED) is 0.782. The predicted octanol–water partition coefficient (Wildman–Crippen LogP) is 3.19. The van der Waals surface area contributed by atoms with Crippen LogP contribution >= 0.6 is 0 Å². The highest BCUT2D eigenvalue weighted by Crippen LogP contribution is 2.11. The Hall–Kier alpha value is -1.15. The number of carbonyl (C=O) groups excluding carboxylic acids is 1. The Bertz CT molecular complexity index is 332. The van der Waals surface area contributed by atoms with Gasteiger partial charge in [-0.25, -0.2) is 0 Å². The second-order valence-electron chi connectivity index (χ2n) is 4.30. The van der Waals surface area contributed by atoms with Crippen molar-refractivity contribution >= 4 is 5.78 Å². The molecule has 1 aliphatic rings. The van der Waals surface area contributed by atoms with Crippen molar-refractivity contribution in [2.75, 3.05) is 13.1 Å². The molecule has 1 aromatic rings. The summed E-state index contributed by atoms with van der Waals surface area (Å²) in [4.78, 5) is 13.4. The predicted molar refractivity (Wildman–Crippen MR) is 72.0 cm³/mol. The summed E-state index contributed by atoms with van der Waals surface area (Å²) in [5.41, 5.74) is 2.64. The third-order valence-corrected chi connectivity index (χ3v) is 2.94. The van der Waals surface area contributed by atoms with Crippen LogP contribution < -0.4 is 0 Å². The minimum Gasteiger partial charge on any atom is -0.300 e. The van der Waals surface area contributed by atoms with E-state index in [1.807, 2.05) is 13.8 Å². The van der Waals surface area contributed by atoms with E-state index in [0.717, 1.165) is 32.5 Å². The summed E-state index contributed by atoms with van der Waals surface area (Å²) in [5.74, 6) is 0.412. The zero-order valence-corrected chi connectivity index (χ0v) is 11.2. The number of aryl methyl sites for hydroxylation is 1. The highest BCUT2D eigenvalue weighted by Gasteiger charge is 2.15. The average Bonchev–Trinajstić information content (AvgIpc) is 2.37. The summed E-state index contributed by atoms with van der Waals surface area (Å²) in [6.07, 6.45) is 1.46. The largest absolute Gasteiger partial charge is 0.300 e.